The Morgan fingerprint density at radius 2 is 2.11 bits per heavy atom. The summed E-state index contributed by atoms with van der Waals surface area (Å²) in [5, 5.41) is 3.45. The lowest BCUT2D eigenvalue weighted by Crippen LogP contribution is -2.23. The SMILES string of the molecule is Cc1ccc(CNC(=O)c2cccc(Cl)c2)n1C. The van der Waals surface area contributed by atoms with Gasteiger partial charge in [0.05, 0.1) is 6.54 Å². The lowest BCUT2D eigenvalue weighted by Gasteiger charge is -2.07. The Bertz CT molecular complexity index is 575. The summed E-state index contributed by atoms with van der Waals surface area (Å²) in [7, 11) is 1.98. The highest BCUT2D eigenvalue weighted by atomic mass is 35.5. The van der Waals surface area contributed by atoms with Crippen LogP contribution in [0.2, 0.25) is 5.02 Å². The van der Waals surface area contributed by atoms with Gasteiger partial charge in [0.1, 0.15) is 0 Å². The second-order valence-electron chi connectivity index (χ2n) is 4.22. The summed E-state index contributed by atoms with van der Waals surface area (Å²) in [6, 6.07) is 11.0. The molecule has 0 saturated heterocycles. The molecule has 0 fully saturated rings. The van der Waals surface area contributed by atoms with E-state index in [9.17, 15) is 4.79 Å². The van der Waals surface area contributed by atoms with Crippen LogP contribution in [-0.4, -0.2) is 10.5 Å². The topological polar surface area (TPSA) is 34.0 Å². The molecule has 1 N–H and O–H groups in total. The quantitative estimate of drug-likeness (QED) is 0.907. The minimum absolute atomic E-state index is 0.114. The van der Waals surface area contributed by atoms with Crippen molar-refractivity contribution in [1.82, 2.24) is 9.88 Å². The minimum Gasteiger partial charge on any atom is -0.350 e. The lowest BCUT2D eigenvalue weighted by molar-refractivity contribution is 0.0950. The van der Waals surface area contributed by atoms with Crippen LogP contribution in [0.15, 0.2) is 36.4 Å². The van der Waals surface area contributed by atoms with Crippen LogP contribution in [0, 0.1) is 6.92 Å². The Morgan fingerprint density at radius 3 is 2.72 bits per heavy atom. The van der Waals surface area contributed by atoms with E-state index in [1.807, 2.05) is 26.1 Å². The Hall–Kier alpha value is -1.74. The average molecular weight is 263 g/mol. The summed E-state index contributed by atoms with van der Waals surface area (Å²) in [4.78, 5) is 11.9. The minimum atomic E-state index is -0.114. The highest BCUT2D eigenvalue weighted by molar-refractivity contribution is 6.30. The van der Waals surface area contributed by atoms with Crippen LogP contribution in [0.3, 0.4) is 0 Å². The van der Waals surface area contributed by atoms with E-state index < -0.39 is 0 Å². The summed E-state index contributed by atoms with van der Waals surface area (Å²) in [6.07, 6.45) is 0. The maximum atomic E-state index is 11.9. The van der Waals surface area contributed by atoms with Crippen molar-refractivity contribution in [3.8, 4) is 0 Å². The molecule has 3 nitrogen and oxygen atoms in total. The molecule has 0 aliphatic heterocycles. The van der Waals surface area contributed by atoms with Crippen LogP contribution >= 0.6 is 11.6 Å². The van der Waals surface area contributed by atoms with Crippen molar-refractivity contribution < 1.29 is 4.79 Å². The van der Waals surface area contributed by atoms with Gasteiger partial charge >= 0.3 is 0 Å². The molecule has 2 rings (SSSR count). The number of carbonyl (C=O) groups excluding carboxylic acids is 1. The smallest absolute Gasteiger partial charge is 0.251 e. The molecule has 1 heterocycles. The van der Waals surface area contributed by atoms with Crippen LogP contribution in [0.5, 0.6) is 0 Å². The van der Waals surface area contributed by atoms with Gasteiger partial charge in [-0.15, -0.1) is 0 Å². The summed E-state index contributed by atoms with van der Waals surface area (Å²) in [5.41, 5.74) is 2.82. The summed E-state index contributed by atoms with van der Waals surface area (Å²) in [5.74, 6) is -0.114. The molecule has 0 atom stereocenters. The fourth-order valence-corrected chi connectivity index (χ4v) is 1.94. The number of nitrogens with zero attached hydrogens (tertiary/aromatic N) is 1. The highest BCUT2D eigenvalue weighted by Crippen LogP contribution is 2.11. The number of aryl methyl sites for hydroxylation is 1. The lowest BCUT2D eigenvalue weighted by atomic mass is 10.2. The molecule has 0 radical (unpaired) electrons. The number of rotatable bonds is 3. The third-order valence-electron chi connectivity index (χ3n) is 2.99. The van der Waals surface area contributed by atoms with Crippen molar-refractivity contribution in [3.05, 3.63) is 58.4 Å². The number of halogens is 1. The molecular formula is C14H15ClN2O. The first-order chi connectivity index (χ1) is 8.58. The van der Waals surface area contributed by atoms with E-state index in [1.165, 1.54) is 5.69 Å². The Kier molecular flexibility index (Phi) is 3.72. The van der Waals surface area contributed by atoms with Crippen LogP contribution in [0.1, 0.15) is 21.7 Å². The van der Waals surface area contributed by atoms with Crippen LogP contribution < -0.4 is 5.32 Å². The third kappa shape index (κ3) is 2.74. The summed E-state index contributed by atoms with van der Waals surface area (Å²) >= 11 is 5.85. The molecule has 94 valence electrons. The number of benzene rings is 1. The predicted molar refractivity (Wildman–Crippen MR) is 72.8 cm³/mol. The zero-order valence-electron chi connectivity index (χ0n) is 10.4. The molecule has 0 bridgehead atoms. The van der Waals surface area contributed by atoms with Gasteiger partial charge in [0.25, 0.3) is 5.91 Å². The monoisotopic (exact) mass is 262 g/mol. The van der Waals surface area contributed by atoms with Crippen molar-refractivity contribution in [1.29, 1.82) is 0 Å². The van der Waals surface area contributed by atoms with Gasteiger partial charge in [-0.2, -0.15) is 0 Å². The number of nitrogens with one attached hydrogen (secondary N) is 1. The molecule has 1 aromatic heterocycles. The first kappa shape index (κ1) is 12.7. The first-order valence-electron chi connectivity index (χ1n) is 5.73. The average Bonchev–Trinajstić information content (AvgIpc) is 2.67. The summed E-state index contributed by atoms with van der Waals surface area (Å²) < 4.78 is 2.05. The second kappa shape index (κ2) is 5.27. The van der Waals surface area contributed by atoms with E-state index in [-0.39, 0.29) is 5.91 Å². The van der Waals surface area contributed by atoms with Gasteiger partial charge in [0.15, 0.2) is 0 Å². The van der Waals surface area contributed by atoms with Crippen molar-refractivity contribution in [2.75, 3.05) is 0 Å². The molecule has 4 heteroatoms. The van der Waals surface area contributed by atoms with Crippen molar-refractivity contribution in [3.63, 3.8) is 0 Å². The zero-order chi connectivity index (χ0) is 13.1. The van der Waals surface area contributed by atoms with Gasteiger partial charge in [-0.25, -0.2) is 0 Å². The van der Waals surface area contributed by atoms with Gasteiger partial charge in [0, 0.05) is 29.0 Å². The van der Waals surface area contributed by atoms with E-state index in [1.54, 1.807) is 24.3 Å². The second-order valence-corrected chi connectivity index (χ2v) is 4.65. The van der Waals surface area contributed by atoms with Crippen molar-refractivity contribution in [2.24, 2.45) is 7.05 Å². The van der Waals surface area contributed by atoms with E-state index >= 15 is 0 Å². The normalized spacial score (nSPS) is 10.4. The molecule has 1 aromatic carbocycles. The van der Waals surface area contributed by atoms with Crippen LogP contribution in [0.4, 0.5) is 0 Å². The number of hydrogen-bond acceptors (Lipinski definition) is 1. The molecule has 0 aliphatic rings. The van der Waals surface area contributed by atoms with E-state index in [0.29, 0.717) is 17.1 Å². The Balaban J connectivity index is 2.03. The van der Waals surface area contributed by atoms with Crippen molar-refractivity contribution >= 4 is 17.5 Å². The van der Waals surface area contributed by atoms with E-state index in [2.05, 4.69) is 9.88 Å². The standard InChI is InChI=1S/C14H15ClN2O/c1-10-6-7-13(17(10)2)9-16-14(18)11-4-3-5-12(15)8-11/h3-8H,9H2,1-2H3,(H,16,18). The molecule has 1 amide bonds. The molecule has 0 unspecified atom stereocenters. The number of aromatic nitrogens is 1. The molecule has 0 saturated carbocycles. The molecular weight excluding hydrogens is 248 g/mol. The van der Waals surface area contributed by atoms with Gasteiger partial charge in [-0.3, -0.25) is 4.79 Å². The Morgan fingerprint density at radius 1 is 1.33 bits per heavy atom. The van der Waals surface area contributed by atoms with E-state index in [0.717, 1.165) is 5.69 Å². The molecule has 0 spiro atoms. The summed E-state index contributed by atoms with van der Waals surface area (Å²) in [6.45, 7) is 2.54. The van der Waals surface area contributed by atoms with Gasteiger partial charge < -0.3 is 9.88 Å². The van der Waals surface area contributed by atoms with Crippen LogP contribution in [-0.2, 0) is 13.6 Å². The van der Waals surface area contributed by atoms with Crippen molar-refractivity contribution in [2.45, 2.75) is 13.5 Å². The number of hydrogen-bond donors (Lipinski definition) is 1. The fourth-order valence-electron chi connectivity index (χ4n) is 1.75. The predicted octanol–water partition coefficient (Wildman–Crippen LogP) is 2.92. The third-order valence-corrected chi connectivity index (χ3v) is 3.23. The van der Waals surface area contributed by atoms with Crippen LogP contribution in [0.25, 0.3) is 0 Å². The van der Waals surface area contributed by atoms with E-state index in [4.69, 9.17) is 11.6 Å². The fraction of sp³-hybridized carbons (Fsp3) is 0.214. The van der Waals surface area contributed by atoms with Gasteiger partial charge in [-0.1, -0.05) is 17.7 Å². The Labute approximate surface area is 111 Å². The number of amides is 1. The molecule has 0 aliphatic carbocycles. The number of carbonyl (C=O) groups is 1. The molecule has 2 aromatic rings. The largest absolute Gasteiger partial charge is 0.350 e. The van der Waals surface area contributed by atoms with Gasteiger partial charge in [0.2, 0.25) is 0 Å². The first-order valence-corrected chi connectivity index (χ1v) is 6.10. The maximum Gasteiger partial charge on any atom is 0.251 e. The maximum absolute atomic E-state index is 11.9. The zero-order valence-corrected chi connectivity index (χ0v) is 11.2. The highest BCUT2D eigenvalue weighted by Gasteiger charge is 2.07. The van der Waals surface area contributed by atoms with Gasteiger partial charge in [-0.05, 0) is 37.3 Å². The molecule has 18 heavy (non-hydrogen) atoms.